The lowest BCUT2D eigenvalue weighted by Crippen LogP contribution is -2.10. The van der Waals surface area contributed by atoms with Gasteiger partial charge in [-0.15, -0.1) is 22.7 Å². The summed E-state index contributed by atoms with van der Waals surface area (Å²) < 4.78 is 10.6. The van der Waals surface area contributed by atoms with Crippen molar-refractivity contribution in [1.82, 2.24) is 8.80 Å². The fourth-order valence-electron chi connectivity index (χ4n) is 12.0. The number of nitrogens with zero attached hydrogens (tertiary/aromatic N) is 2. The number of thiophene rings is 2. The maximum atomic E-state index is 2.62. The van der Waals surface area contributed by atoms with Gasteiger partial charge in [-0.1, -0.05) is 151 Å². The van der Waals surface area contributed by atoms with Crippen molar-refractivity contribution in [3.05, 3.63) is 169 Å². The molecule has 0 aliphatic rings. The molecule has 0 atom stereocenters. The molecule has 6 aromatic heterocycles. The van der Waals surface area contributed by atoms with Crippen molar-refractivity contribution < 1.29 is 0 Å². The van der Waals surface area contributed by atoms with Crippen LogP contribution in [-0.2, 0) is 10.8 Å². The van der Waals surface area contributed by atoms with Crippen molar-refractivity contribution in [2.24, 2.45) is 0 Å². The first-order chi connectivity index (χ1) is 32.0. The lowest BCUT2D eigenvalue weighted by Gasteiger charge is -2.19. The third kappa shape index (κ3) is 4.70. The van der Waals surface area contributed by atoms with Crippen LogP contribution in [0.15, 0.2) is 158 Å². The second-order valence-corrected chi connectivity index (χ2v) is 23.0. The second kappa shape index (κ2) is 12.5. The van der Waals surface area contributed by atoms with Gasteiger partial charge in [0.05, 0.1) is 33.1 Å². The number of benzene rings is 9. The van der Waals surface area contributed by atoms with E-state index in [1.165, 1.54) is 150 Å². The first-order valence-corrected chi connectivity index (χ1v) is 24.9. The predicted molar refractivity (Wildman–Crippen MR) is 290 cm³/mol. The van der Waals surface area contributed by atoms with Crippen molar-refractivity contribution >= 4 is 139 Å². The Bertz CT molecular complexity index is 4260. The topological polar surface area (TPSA) is 8.82 Å². The molecule has 0 radical (unpaired) electrons. The first kappa shape index (κ1) is 37.3. The smallest absolute Gasteiger partial charge is 0.0627 e. The van der Waals surface area contributed by atoms with E-state index in [-0.39, 0.29) is 10.8 Å². The van der Waals surface area contributed by atoms with E-state index in [1.807, 2.05) is 22.7 Å². The van der Waals surface area contributed by atoms with Crippen LogP contribution in [0, 0.1) is 0 Å². The number of hydrogen-bond acceptors (Lipinski definition) is 2. The van der Waals surface area contributed by atoms with Crippen LogP contribution in [0.25, 0.3) is 139 Å². The zero-order chi connectivity index (χ0) is 44.1. The number of rotatable bonds is 2. The molecule has 15 aromatic rings. The number of fused-ring (bicyclic) bond motifs is 20. The SMILES string of the molecule is CC(C)(C)c1ccc(-c2ccc3c4c5c(ccc4n4c6cc7c8c(-c9ccc(C(C)(C)C)cc9)ccc9c%10c%11c(ccc%10n(c7cc6c2c34)c98)sc2ccccc2%11)sc2ccccc25)cc1. The highest BCUT2D eigenvalue weighted by Crippen LogP contribution is 2.52. The maximum Gasteiger partial charge on any atom is 0.0627 e. The number of aromatic nitrogens is 2. The van der Waals surface area contributed by atoms with Gasteiger partial charge in [-0.2, -0.15) is 0 Å². The van der Waals surface area contributed by atoms with Gasteiger partial charge in [0.2, 0.25) is 0 Å². The summed E-state index contributed by atoms with van der Waals surface area (Å²) in [4.78, 5) is 0. The van der Waals surface area contributed by atoms with Gasteiger partial charge < -0.3 is 8.80 Å². The van der Waals surface area contributed by atoms with Crippen LogP contribution in [0.4, 0.5) is 0 Å². The molecule has 4 heteroatoms. The molecule has 0 bridgehead atoms. The molecule has 6 heterocycles. The van der Waals surface area contributed by atoms with Gasteiger partial charge in [-0.05, 0) is 92.7 Å². The van der Waals surface area contributed by atoms with Gasteiger partial charge >= 0.3 is 0 Å². The van der Waals surface area contributed by atoms with Crippen LogP contribution in [0.2, 0.25) is 0 Å². The van der Waals surface area contributed by atoms with E-state index in [0.29, 0.717) is 0 Å². The normalized spacial score (nSPS) is 13.3. The van der Waals surface area contributed by atoms with E-state index >= 15 is 0 Å². The van der Waals surface area contributed by atoms with Crippen molar-refractivity contribution in [1.29, 1.82) is 0 Å². The Kier molecular flexibility index (Phi) is 7.04. The zero-order valence-corrected chi connectivity index (χ0v) is 39.4. The molecular formula is C62H44N2S2. The molecule has 9 aromatic carbocycles. The number of hydrogen-bond donors (Lipinski definition) is 0. The van der Waals surface area contributed by atoms with Crippen LogP contribution in [0.5, 0.6) is 0 Å². The summed E-state index contributed by atoms with van der Waals surface area (Å²) in [6, 6.07) is 61.0. The minimum absolute atomic E-state index is 0.0712. The van der Waals surface area contributed by atoms with E-state index in [9.17, 15) is 0 Å². The van der Waals surface area contributed by atoms with Gasteiger partial charge in [0.15, 0.2) is 0 Å². The molecule has 66 heavy (non-hydrogen) atoms. The zero-order valence-electron chi connectivity index (χ0n) is 37.7. The molecule has 0 N–H and O–H groups in total. The maximum absolute atomic E-state index is 2.62. The van der Waals surface area contributed by atoms with Gasteiger partial charge in [-0.3, -0.25) is 0 Å². The molecule has 0 amide bonds. The van der Waals surface area contributed by atoms with E-state index in [1.54, 1.807) is 0 Å². The quantitative estimate of drug-likeness (QED) is 0.164. The lowest BCUT2D eigenvalue weighted by atomic mass is 9.85. The highest BCUT2D eigenvalue weighted by atomic mass is 32.1. The summed E-state index contributed by atoms with van der Waals surface area (Å²) in [6.07, 6.45) is 0. The molecule has 15 rings (SSSR count). The molecule has 0 aliphatic carbocycles. The molecule has 314 valence electrons. The van der Waals surface area contributed by atoms with Crippen LogP contribution in [0.1, 0.15) is 52.7 Å². The van der Waals surface area contributed by atoms with Gasteiger partial charge in [0, 0.05) is 83.4 Å². The molecule has 0 saturated carbocycles. The second-order valence-electron chi connectivity index (χ2n) is 20.8. The van der Waals surface area contributed by atoms with Crippen molar-refractivity contribution in [2.75, 3.05) is 0 Å². The van der Waals surface area contributed by atoms with Crippen LogP contribution in [0.3, 0.4) is 0 Å². The largest absolute Gasteiger partial charge is 0.308 e. The summed E-state index contributed by atoms with van der Waals surface area (Å²) in [6.45, 7) is 13.8. The third-order valence-corrected chi connectivity index (χ3v) is 17.4. The minimum Gasteiger partial charge on any atom is -0.308 e. The van der Waals surface area contributed by atoms with Crippen molar-refractivity contribution in [2.45, 2.75) is 52.4 Å². The Balaban J connectivity index is 1.15. The summed E-state index contributed by atoms with van der Waals surface area (Å²) in [5.74, 6) is 0. The summed E-state index contributed by atoms with van der Waals surface area (Å²) >= 11 is 3.81. The Morgan fingerprint density at radius 1 is 0.318 bits per heavy atom. The lowest BCUT2D eigenvalue weighted by molar-refractivity contribution is 0.590. The summed E-state index contributed by atoms with van der Waals surface area (Å²) in [7, 11) is 0. The minimum atomic E-state index is 0.0712. The van der Waals surface area contributed by atoms with Crippen molar-refractivity contribution in [3.63, 3.8) is 0 Å². The Labute approximate surface area is 389 Å². The third-order valence-electron chi connectivity index (χ3n) is 15.1. The highest BCUT2D eigenvalue weighted by molar-refractivity contribution is 7.26. The fraction of sp³-hybridized carbons (Fsp3) is 0.129. The van der Waals surface area contributed by atoms with Gasteiger partial charge in [0.25, 0.3) is 0 Å². The van der Waals surface area contributed by atoms with Gasteiger partial charge in [-0.25, -0.2) is 0 Å². The first-order valence-electron chi connectivity index (χ1n) is 23.3. The Morgan fingerprint density at radius 3 is 1.14 bits per heavy atom. The Hall–Kier alpha value is -6.98. The van der Waals surface area contributed by atoms with E-state index < -0.39 is 0 Å². The van der Waals surface area contributed by atoms with Crippen molar-refractivity contribution in [3.8, 4) is 22.3 Å². The molecular weight excluding hydrogens is 837 g/mol. The van der Waals surface area contributed by atoms with Crippen LogP contribution < -0.4 is 0 Å². The molecule has 0 unspecified atom stereocenters. The standard InChI is InChI=1S/C62H44N2S2/c1-61(2,3)35-19-15-33(16-20-35)37-23-25-41-55-45(27-29-51-57(55)39-11-7-9-13-49(39)65-51)63-47-32-44-48(31-43(47)53(37)59(41)63)64-46-28-30-52-58(40-12-8-10-14-50(40)66-52)56(46)42-26-24-38(54(44)60(42)64)34-17-21-36(22-18-34)62(4,5)6/h7-32H,1-6H3. The predicted octanol–water partition coefficient (Wildman–Crippen LogP) is 18.7. The van der Waals surface area contributed by atoms with Crippen LogP contribution >= 0.6 is 22.7 Å². The molecule has 0 spiro atoms. The molecule has 0 fully saturated rings. The molecule has 2 nitrogen and oxygen atoms in total. The average molecular weight is 881 g/mol. The van der Waals surface area contributed by atoms with E-state index in [4.69, 9.17) is 0 Å². The average Bonchev–Trinajstić information content (AvgIpc) is 4.16. The van der Waals surface area contributed by atoms with Crippen LogP contribution in [-0.4, -0.2) is 8.80 Å². The highest BCUT2D eigenvalue weighted by Gasteiger charge is 2.28. The Morgan fingerprint density at radius 2 is 0.727 bits per heavy atom. The monoisotopic (exact) mass is 880 g/mol. The fourth-order valence-corrected chi connectivity index (χ4v) is 14.2. The molecule has 0 aliphatic heterocycles. The van der Waals surface area contributed by atoms with Gasteiger partial charge in [0.1, 0.15) is 0 Å². The van der Waals surface area contributed by atoms with E-state index in [2.05, 4.69) is 208 Å². The summed E-state index contributed by atoms with van der Waals surface area (Å²) in [5.41, 5.74) is 15.6. The summed E-state index contributed by atoms with van der Waals surface area (Å²) in [5, 5.41) is 16.0. The molecule has 0 saturated heterocycles. The van der Waals surface area contributed by atoms with E-state index in [0.717, 1.165) is 0 Å².